The van der Waals surface area contributed by atoms with Crippen LogP contribution in [0.1, 0.15) is 12.8 Å². The number of hydrogen-bond acceptors (Lipinski definition) is 4. The van der Waals surface area contributed by atoms with Crippen LogP contribution in [-0.2, 0) is 18.4 Å². The number of rotatable bonds is 4. The summed E-state index contributed by atoms with van der Waals surface area (Å²) in [5, 5.41) is 8.54. The van der Waals surface area contributed by atoms with Crippen LogP contribution in [0.25, 0.3) is 11.2 Å². The van der Waals surface area contributed by atoms with Gasteiger partial charge in [-0.3, -0.25) is 18.7 Å². The molecule has 0 saturated heterocycles. The smallest absolute Gasteiger partial charge is 0.332 e. The Labute approximate surface area is 101 Å². The fourth-order valence-corrected chi connectivity index (χ4v) is 1.78. The van der Waals surface area contributed by atoms with Gasteiger partial charge in [-0.25, -0.2) is 9.78 Å². The van der Waals surface area contributed by atoms with E-state index in [1.165, 1.54) is 17.9 Å². The standard InChI is InChI=1S/C10H12N4O4/c1-13-8-7(11-5-12-8)9(17)14(10(13)18)4-2-3-6(15)16/h5H,2-4H2,1H3,(H,11,12)(H,15,16). The molecular weight excluding hydrogens is 240 g/mol. The van der Waals surface area contributed by atoms with Crippen molar-refractivity contribution in [1.82, 2.24) is 19.1 Å². The number of nitrogens with one attached hydrogen (secondary N) is 1. The first-order valence-electron chi connectivity index (χ1n) is 5.37. The molecular formula is C10H12N4O4. The van der Waals surface area contributed by atoms with Gasteiger partial charge in [-0.15, -0.1) is 0 Å². The third-order valence-electron chi connectivity index (χ3n) is 2.69. The van der Waals surface area contributed by atoms with Gasteiger partial charge in [0.2, 0.25) is 0 Å². The van der Waals surface area contributed by atoms with Gasteiger partial charge in [0.15, 0.2) is 5.65 Å². The highest BCUT2D eigenvalue weighted by molar-refractivity contribution is 5.68. The molecule has 0 bridgehead atoms. The molecule has 0 aliphatic rings. The fraction of sp³-hybridized carbons (Fsp3) is 0.400. The molecule has 8 nitrogen and oxygen atoms in total. The Morgan fingerprint density at radius 2 is 2.22 bits per heavy atom. The van der Waals surface area contributed by atoms with E-state index < -0.39 is 17.2 Å². The number of aromatic amines is 1. The number of hydrogen-bond donors (Lipinski definition) is 2. The minimum atomic E-state index is -0.956. The summed E-state index contributed by atoms with van der Waals surface area (Å²) >= 11 is 0. The lowest BCUT2D eigenvalue weighted by molar-refractivity contribution is -0.137. The molecule has 0 spiro atoms. The molecule has 0 amide bonds. The number of carboxylic acid groups (broad SMARTS) is 1. The molecule has 96 valence electrons. The second-order valence-corrected chi connectivity index (χ2v) is 3.90. The van der Waals surface area contributed by atoms with Gasteiger partial charge in [-0.2, -0.15) is 0 Å². The number of aryl methyl sites for hydroxylation is 1. The zero-order chi connectivity index (χ0) is 13.3. The quantitative estimate of drug-likeness (QED) is 0.746. The second kappa shape index (κ2) is 4.47. The van der Waals surface area contributed by atoms with Crippen molar-refractivity contribution in [2.75, 3.05) is 0 Å². The highest BCUT2D eigenvalue weighted by Gasteiger charge is 2.12. The molecule has 8 heteroatoms. The topological polar surface area (TPSA) is 110 Å². The van der Waals surface area contributed by atoms with Crippen LogP contribution in [0.5, 0.6) is 0 Å². The van der Waals surface area contributed by atoms with Crippen molar-refractivity contribution in [1.29, 1.82) is 0 Å². The van der Waals surface area contributed by atoms with Crippen molar-refractivity contribution in [3.63, 3.8) is 0 Å². The van der Waals surface area contributed by atoms with E-state index in [0.29, 0.717) is 5.65 Å². The van der Waals surface area contributed by atoms with Crippen molar-refractivity contribution >= 4 is 17.1 Å². The SMILES string of the molecule is Cn1c(=O)n(CCCC(=O)O)c(=O)c2[nH]cnc21. The van der Waals surface area contributed by atoms with Crippen molar-refractivity contribution in [3.8, 4) is 0 Å². The van der Waals surface area contributed by atoms with Gasteiger partial charge in [0.1, 0.15) is 5.52 Å². The van der Waals surface area contributed by atoms with E-state index in [4.69, 9.17) is 5.11 Å². The van der Waals surface area contributed by atoms with Crippen molar-refractivity contribution in [3.05, 3.63) is 27.2 Å². The number of aromatic nitrogens is 4. The van der Waals surface area contributed by atoms with Crippen molar-refractivity contribution < 1.29 is 9.90 Å². The summed E-state index contributed by atoms with van der Waals surface area (Å²) in [6.07, 6.45) is 1.48. The molecule has 0 aliphatic heterocycles. The van der Waals surface area contributed by atoms with E-state index in [2.05, 4.69) is 9.97 Å². The van der Waals surface area contributed by atoms with E-state index in [-0.39, 0.29) is 24.9 Å². The molecule has 2 aromatic rings. The van der Waals surface area contributed by atoms with Gasteiger partial charge in [-0.05, 0) is 6.42 Å². The zero-order valence-electron chi connectivity index (χ0n) is 9.71. The molecule has 2 heterocycles. The molecule has 2 N–H and O–H groups in total. The summed E-state index contributed by atoms with van der Waals surface area (Å²) in [7, 11) is 1.51. The number of H-pyrrole nitrogens is 1. The lowest BCUT2D eigenvalue weighted by Crippen LogP contribution is -2.39. The number of imidazole rings is 1. The first-order valence-corrected chi connectivity index (χ1v) is 5.37. The van der Waals surface area contributed by atoms with Crippen LogP contribution in [-0.4, -0.2) is 30.2 Å². The predicted octanol–water partition coefficient (Wildman–Crippen LogP) is -0.712. The molecule has 2 rings (SSSR count). The Kier molecular flexibility index (Phi) is 3.00. The van der Waals surface area contributed by atoms with Gasteiger partial charge >= 0.3 is 11.7 Å². The average molecular weight is 252 g/mol. The highest BCUT2D eigenvalue weighted by Crippen LogP contribution is 1.99. The van der Waals surface area contributed by atoms with E-state index in [0.717, 1.165) is 4.57 Å². The Hall–Kier alpha value is -2.38. The van der Waals surface area contributed by atoms with Gasteiger partial charge < -0.3 is 10.1 Å². The number of carbonyl (C=O) groups is 1. The van der Waals surface area contributed by atoms with Gasteiger partial charge in [-0.1, -0.05) is 0 Å². The van der Waals surface area contributed by atoms with Crippen LogP contribution in [0.15, 0.2) is 15.9 Å². The number of aliphatic carboxylic acids is 1. The lowest BCUT2D eigenvalue weighted by atomic mass is 10.3. The van der Waals surface area contributed by atoms with Crippen molar-refractivity contribution in [2.24, 2.45) is 7.05 Å². The molecule has 0 aliphatic carbocycles. The van der Waals surface area contributed by atoms with Crippen molar-refractivity contribution in [2.45, 2.75) is 19.4 Å². The molecule has 0 radical (unpaired) electrons. The maximum Gasteiger partial charge on any atom is 0.332 e. The Morgan fingerprint density at radius 1 is 1.50 bits per heavy atom. The van der Waals surface area contributed by atoms with E-state index in [1.807, 2.05) is 0 Å². The Morgan fingerprint density at radius 3 is 2.89 bits per heavy atom. The van der Waals surface area contributed by atoms with Crippen LogP contribution >= 0.6 is 0 Å². The molecule has 0 saturated carbocycles. The van der Waals surface area contributed by atoms with Gasteiger partial charge in [0, 0.05) is 20.0 Å². The third kappa shape index (κ3) is 1.92. The zero-order valence-corrected chi connectivity index (χ0v) is 9.71. The molecule has 0 unspecified atom stereocenters. The second-order valence-electron chi connectivity index (χ2n) is 3.90. The van der Waals surface area contributed by atoms with Crippen LogP contribution in [0.2, 0.25) is 0 Å². The highest BCUT2D eigenvalue weighted by atomic mass is 16.4. The number of fused-ring (bicyclic) bond motifs is 1. The summed E-state index contributed by atoms with van der Waals surface area (Å²) in [5.41, 5.74) is -0.437. The molecule has 0 atom stereocenters. The van der Waals surface area contributed by atoms with E-state index in [1.54, 1.807) is 0 Å². The van der Waals surface area contributed by atoms with Crippen LogP contribution in [0.4, 0.5) is 0 Å². The average Bonchev–Trinajstić information content (AvgIpc) is 2.79. The fourth-order valence-electron chi connectivity index (χ4n) is 1.78. The molecule has 2 aromatic heterocycles. The predicted molar refractivity (Wildman–Crippen MR) is 62.5 cm³/mol. The summed E-state index contributed by atoms with van der Waals surface area (Å²) in [4.78, 5) is 40.8. The first kappa shape index (κ1) is 12.1. The maximum atomic E-state index is 12.0. The first-order chi connectivity index (χ1) is 8.52. The number of carboxylic acids is 1. The summed E-state index contributed by atoms with van der Waals surface area (Å²) in [6.45, 7) is 0.0762. The molecule has 0 aromatic carbocycles. The van der Waals surface area contributed by atoms with Crippen LogP contribution < -0.4 is 11.2 Å². The maximum absolute atomic E-state index is 12.0. The summed E-state index contributed by atoms with van der Waals surface area (Å²) in [6, 6.07) is 0. The monoisotopic (exact) mass is 252 g/mol. The Balaban J connectivity index is 2.47. The normalized spacial score (nSPS) is 10.9. The van der Waals surface area contributed by atoms with Gasteiger partial charge in [0.05, 0.1) is 6.33 Å². The largest absolute Gasteiger partial charge is 0.481 e. The van der Waals surface area contributed by atoms with Crippen LogP contribution in [0.3, 0.4) is 0 Å². The lowest BCUT2D eigenvalue weighted by Gasteiger charge is -2.06. The van der Waals surface area contributed by atoms with Crippen LogP contribution in [0, 0.1) is 0 Å². The third-order valence-corrected chi connectivity index (χ3v) is 2.69. The van der Waals surface area contributed by atoms with E-state index in [9.17, 15) is 14.4 Å². The Bertz CT molecular complexity index is 709. The minimum absolute atomic E-state index is 0.0762. The molecule has 0 fully saturated rings. The molecule has 18 heavy (non-hydrogen) atoms. The van der Waals surface area contributed by atoms with E-state index >= 15 is 0 Å². The number of nitrogens with zero attached hydrogens (tertiary/aromatic N) is 3. The minimum Gasteiger partial charge on any atom is -0.481 e. The van der Waals surface area contributed by atoms with Gasteiger partial charge in [0.25, 0.3) is 5.56 Å². The summed E-state index contributed by atoms with van der Waals surface area (Å²) < 4.78 is 2.28. The summed E-state index contributed by atoms with van der Waals surface area (Å²) in [5.74, 6) is -0.956.